The van der Waals surface area contributed by atoms with Gasteiger partial charge >= 0.3 is 0 Å². The minimum atomic E-state index is 0.117. The molecule has 6 nitrogen and oxygen atoms in total. The van der Waals surface area contributed by atoms with Gasteiger partial charge < -0.3 is 16.3 Å². The molecule has 0 amide bonds. The number of aromatic nitrogens is 1. The summed E-state index contributed by atoms with van der Waals surface area (Å²) in [4.78, 5) is 5.44. The molecule has 0 radical (unpaired) electrons. The molecule has 2 rings (SSSR count). The molecule has 0 aliphatic carbocycles. The number of rotatable bonds is 8. The van der Waals surface area contributed by atoms with Gasteiger partial charge in [-0.15, -0.1) is 0 Å². The molecule has 1 aromatic carbocycles. The summed E-state index contributed by atoms with van der Waals surface area (Å²) in [5, 5.41) is 12.9. The number of hydrazone groups is 1. The Kier molecular flexibility index (Phi) is 6.86. The first-order chi connectivity index (χ1) is 11.2. The van der Waals surface area contributed by atoms with Crippen molar-refractivity contribution in [2.24, 2.45) is 10.8 Å². The van der Waals surface area contributed by atoms with Gasteiger partial charge in [-0.1, -0.05) is 18.2 Å². The second-order valence-corrected chi connectivity index (χ2v) is 5.81. The van der Waals surface area contributed by atoms with Gasteiger partial charge in [-0.3, -0.25) is 9.71 Å². The third-order valence-electron chi connectivity index (χ3n) is 2.96. The maximum absolute atomic E-state index is 8.72. The van der Waals surface area contributed by atoms with E-state index in [-0.39, 0.29) is 6.61 Å². The molecule has 0 bridgehead atoms. The smallest absolute Gasteiger partial charge is 0.150 e. The maximum atomic E-state index is 8.72. The molecule has 122 valence electrons. The average Bonchev–Trinajstić information content (AvgIpc) is 2.56. The monoisotopic (exact) mass is 331 g/mol. The lowest BCUT2D eigenvalue weighted by molar-refractivity contribution is 0.302. The Bertz CT molecular complexity index is 645. The number of hydrogen-bond donors (Lipinski definition) is 4. The first kappa shape index (κ1) is 17.3. The van der Waals surface area contributed by atoms with E-state index in [0.29, 0.717) is 18.9 Å². The van der Waals surface area contributed by atoms with Gasteiger partial charge in [-0.25, -0.2) is 0 Å². The van der Waals surface area contributed by atoms with E-state index < -0.39 is 0 Å². The molecule has 1 aromatic heterocycles. The number of nitrogens with zero attached hydrogens (tertiary/aromatic N) is 2. The van der Waals surface area contributed by atoms with E-state index in [9.17, 15) is 0 Å². The number of aliphatic hydroxyl groups is 1. The van der Waals surface area contributed by atoms with E-state index in [1.807, 2.05) is 49.4 Å². The summed E-state index contributed by atoms with van der Waals surface area (Å²) in [7, 11) is 0. The molecule has 0 spiro atoms. The Labute approximate surface area is 140 Å². The van der Waals surface area contributed by atoms with E-state index in [2.05, 4.69) is 20.2 Å². The normalized spacial score (nSPS) is 11.5. The highest BCUT2D eigenvalue weighted by Gasteiger charge is 2.00. The summed E-state index contributed by atoms with van der Waals surface area (Å²) in [6, 6.07) is 13.6. The zero-order chi connectivity index (χ0) is 16.5. The molecule has 0 saturated heterocycles. The van der Waals surface area contributed by atoms with Crippen LogP contribution in [0.4, 0.5) is 0 Å². The summed E-state index contributed by atoms with van der Waals surface area (Å²) < 4.78 is 3.04. The molecule has 0 unspecified atom stereocenters. The number of pyridine rings is 1. The van der Waals surface area contributed by atoms with Gasteiger partial charge in [0.1, 0.15) is 0 Å². The zero-order valence-corrected chi connectivity index (χ0v) is 13.8. The van der Waals surface area contributed by atoms with Gasteiger partial charge in [-0.05, 0) is 43.1 Å². The highest BCUT2D eigenvalue weighted by molar-refractivity contribution is 7.97. The summed E-state index contributed by atoms with van der Waals surface area (Å²) in [5.74, 6) is 0.428. The van der Waals surface area contributed by atoms with Crippen LogP contribution in [0, 0.1) is 6.92 Å². The second-order valence-electron chi connectivity index (χ2n) is 4.85. The van der Waals surface area contributed by atoms with Crippen LogP contribution < -0.4 is 15.9 Å². The predicted octanol–water partition coefficient (Wildman–Crippen LogP) is 1.39. The van der Waals surface area contributed by atoms with E-state index in [4.69, 9.17) is 10.8 Å². The fourth-order valence-electron chi connectivity index (χ4n) is 1.84. The van der Waals surface area contributed by atoms with E-state index in [0.717, 1.165) is 21.8 Å². The van der Waals surface area contributed by atoms with Crippen LogP contribution >= 0.6 is 11.9 Å². The van der Waals surface area contributed by atoms with Gasteiger partial charge in [0.15, 0.2) is 5.84 Å². The van der Waals surface area contributed by atoms with Crippen molar-refractivity contribution in [1.29, 1.82) is 0 Å². The Morgan fingerprint density at radius 3 is 2.74 bits per heavy atom. The van der Waals surface area contributed by atoms with Crippen molar-refractivity contribution >= 4 is 17.8 Å². The minimum Gasteiger partial charge on any atom is -0.395 e. The van der Waals surface area contributed by atoms with E-state index in [1.54, 1.807) is 0 Å². The second kappa shape index (κ2) is 9.14. The number of benzene rings is 1. The standard InChI is InChI=1S/C16H21N5OS/c1-12-3-2-4-14(20-12)11-18-21-16(17)13-5-7-15(8-6-13)23-19-9-10-22/h2-8,18-19,22H,9-11H2,1H3,(H2,17,21). The maximum Gasteiger partial charge on any atom is 0.150 e. The fraction of sp³-hybridized carbons (Fsp3) is 0.250. The molecule has 23 heavy (non-hydrogen) atoms. The molecule has 2 aromatic rings. The third kappa shape index (κ3) is 5.90. The fourth-order valence-corrected chi connectivity index (χ4v) is 2.47. The summed E-state index contributed by atoms with van der Waals surface area (Å²) in [6.07, 6.45) is 0. The van der Waals surface area contributed by atoms with Crippen LogP contribution in [-0.2, 0) is 6.54 Å². The lowest BCUT2D eigenvalue weighted by Crippen LogP contribution is -2.19. The number of aliphatic hydroxyl groups excluding tert-OH is 1. The van der Waals surface area contributed by atoms with Crippen LogP contribution in [0.25, 0.3) is 0 Å². The largest absolute Gasteiger partial charge is 0.395 e. The lowest BCUT2D eigenvalue weighted by Gasteiger charge is -2.06. The van der Waals surface area contributed by atoms with E-state index in [1.165, 1.54) is 11.9 Å². The van der Waals surface area contributed by atoms with Crippen LogP contribution in [0.2, 0.25) is 0 Å². The molecule has 5 N–H and O–H groups in total. The Morgan fingerprint density at radius 2 is 2.04 bits per heavy atom. The average molecular weight is 331 g/mol. The highest BCUT2D eigenvalue weighted by atomic mass is 32.2. The van der Waals surface area contributed by atoms with Crippen molar-refractivity contribution in [1.82, 2.24) is 15.1 Å². The first-order valence-electron chi connectivity index (χ1n) is 7.28. The molecule has 1 heterocycles. The molecule has 0 saturated carbocycles. The minimum absolute atomic E-state index is 0.117. The van der Waals surface area contributed by atoms with Crippen molar-refractivity contribution in [3.05, 3.63) is 59.4 Å². The lowest BCUT2D eigenvalue weighted by atomic mass is 10.2. The van der Waals surface area contributed by atoms with Gasteiger partial charge in [0, 0.05) is 22.7 Å². The number of amidine groups is 1. The van der Waals surface area contributed by atoms with Gasteiger partial charge in [0.05, 0.1) is 18.8 Å². The quantitative estimate of drug-likeness (QED) is 0.192. The van der Waals surface area contributed by atoms with Crippen LogP contribution in [0.3, 0.4) is 0 Å². The molecular formula is C16H21N5OS. The number of aryl methyl sites for hydroxylation is 1. The Balaban J connectivity index is 1.87. The number of nitrogens with one attached hydrogen (secondary N) is 2. The molecule has 0 fully saturated rings. The predicted molar refractivity (Wildman–Crippen MR) is 93.9 cm³/mol. The topological polar surface area (TPSA) is 95.6 Å². The SMILES string of the molecule is Cc1cccc(CN/N=C(\N)c2ccc(SNCCO)cc2)n1. The van der Waals surface area contributed by atoms with E-state index >= 15 is 0 Å². The van der Waals surface area contributed by atoms with Crippen molar-refractivity contribution in [2.75, 3.05) is 13.2 Å². The van der Waals surface area contributed by atoms with Crippen molar-refractivity contribution in [3.8, 4) is 0 Å². The van der Waals surface area contributed by atoms with Gasteiger partial charge in [0.2, 0.25) is 0 Å². The number of nitrogens with two attached hydrogens (primary N) is 1. The number of hydrogen-bond acceptors (Lipinski definition) is 6. The Hall–Kier alpha value is -2.09. The van der Waals surface area contributed by atoms with Crippen molar-refractivity contribution in [2.45, 2.75) is 18.4 Å². The molecule has 7 heteroatoms. The van der Waals surface area contributed by atoms with Gasteiger partial charge in [0.25, 0.3) is 0 Å². The molecular weight excluding hydrogens is 310 g/mol. The summed E-state index contributed by atoms with van der Waals surface area (Å²) >= 11 is 1.47. The third-order valence-corrected chi connectivity index (χ3v) is 3.82. The van der Waals surface area contributed by atoms with Crippen LogP contribution in [0.1, 0.15) is 17.0 Å². The van der Waals surface area contributed by atoms with Crippen LogP contribution in [0.5, 0.6) is 0 Å². The zero-order valence-electron chi connectivity index (χ0n) is 13.0. The Morgan fingerprint density at radius 1 is 1.26 bits per heavy atom. The summed E-state index contributed by atoms with van der Waals surface area (Å²) in [6.45, 7) is 3.15. The summed E-state index contributed by atoms with van der Waals surface area (Å²) in [5.41, 5.74) is 11.7. The van der Waals surface area contributed by atoms with Crippen molar-refractivity contribution in [3.63, 3.8) is 0 Å². The first-order valence-corrected chi connectivity index (χ1v) is 8.10. The molecule has 0 aliphatic heterocycles. The van der Waals surface area contributed by atoms with Gasteiger partial charge in [-0.2, -0.15) is 5.10 Å². The van der Waals surface area contributed by atoms with Crippen molar-refractivity contribution < 1.29 is 5.11 Å². The molecule has 0 aliphatic rings. The van der Waals surface area contributed by atoms with Crippen LogP contribution in [0.15, 0.2) is 52.5 Å². The highest BCUT2D eigenvalue weighted by Crippen LogP contribution is 2.14. The molecule has 0 atom stereocenters. The van der Waals surface area contributed by atoms with Crippen LogP contribution in [-0.4, -0.2) is 29.1 Å².